The maximum Gasteiger partial charge on any atom is 0.223 e. The first-order valence-electron chi connectivity index (χ1n) is 9.75. The van der Waals surface area contributed by atoms with Crippen LogP contribution in [0.1, 0.15) is 49.4 Å². The van der Waals surface area contributed by atoms with Crippen molar-refractivity contribution in [1.82, 2.24) is 9.80 Å². The first-order chi connectivity index (χ1) is 13.0. The second-order valence-corrected chi connectivity index (χ2v) is 7.71. The van der Waals surface area contributed by atoms with Crippen molar-refractivity contribution in [3.8, 4) is 11.5 Å². The second kappa shape index (κ2) is 9.61. The molecule has 0 aromatic heterocycles. The molecule has 0 atom stereocenters. The molecule has 1 aliphatic heterocycles. The standard InChI is InChI=1S/C21H30N2O4.ClH/c1-21(9-10-21)23-12-4-11-22(13-14-23)20(25)8-6-17(24)16-5-7-18(26-2)19(15-16)27-3;/h5,7,15H,4,6,8-14H2,1-3H3;1H. The van der Waals surface area contributed by atoms with E-state index in [0.717, 1.165) is 32.6 Å². The summed E-state index contributed by atoms with van der Waals surface area (Å²) in [5, 5.41) is 0. The molecule has 1 aliphatic carbocycles. The monoisotopic (exact) mass is 410 g/mol. The van der Waals surface area contributed by atoms with Gasteiger partial charge < -0.3 is 14.4 Å². The SMILES string of the molecule is COc1ccc(C(=O)CCC(=O)N2CCCN(C3(C)CC3)CC2)cc1OC.Cl. The van der Waals surface area contributed by atoms with Crippen molar-refractivity contribution in [3.05, 3.63) is 23.8 Å². The first-order valence-corrected chi connectivity index (χ1v) is 9.75. The highest BCUT2D eigenvalue weighted by molar-refractivity contribution is 5.98. The Balaban J connectivity index is 0.00000280. The lowest BCUT2D eigenvalue weighted by molar-refractivity contribution is -0.131. The number of hydrogen-bond donors (Lipinski definition) is 0. The van der Waals surface area contributed by atoms with E-state index in [2.05, 4.69) is 11.8 Å². The Morgan fingerprint density at radius 3 is 2.36 bits per heavy atom. The molecule has 1 aromatic carbocycles. The zero-order chi connectivity index (χ0) is 19.4. The minimum Gasteiger partial charge on any atom is -0.493 e. The van der Waals surface area contributed by atoms with Gasteiger partial charge in [-0.1, -0.05) is 0 Å². The van der Waals surface area contributed by atoms with Crippen LogP contribution in [0.3, 0.4) is 0 Å². The van der Waals surface area contributed by atoms with Gasteiger partial charge in [-0.2, -0.15) is 0 Å². The Labute approximate surface area is 173 Å². The molecule has 2 aliphatic rings. The van der Waals surface area contributed by atoms with Crippen LogP contribution in [-0.4, -0.2) is 67.4 Å². The lowest BCUT2D eigenvalue weighted by Gasteiger charge is -2.27. The van der Waals surface area contributed by atoms with Gasteiger partial charge in [-0.05, 0) is 44.4 Å². The van der Waals surface area contributed by atoms with E-state index in [4.69, 9.17) is 9.47 Å². The minimum atomic E-state index is -0.0498. The smallest absolute Gasteiger partial charge is 0.223 e. The Morgan fingerprint density at radius 1 is 1.00 bits per heavy atom. The van der Waals surface area contributed by atoms with Crippen LogP contribution >= 0.6 is 12.4 Å². The number of carbonyl (C=O) groups excluding carboxylic acids is 2. The van der Waals surface area contributed by atoms with Gasteiger partial charge >= 0.3 is 0 Å². The third-order valence-corrected chi connectivity index (χ3v) is 5.86. The Bertz CT molecular complexity index is 706. The summed E-state index contributed by atoms with van der Waals surface area (Å²) < 4.78 is 10.4. The van der Waals surface area contributed by atoms with Gasteiger partial charge in [0.05, 0.1) is 14.2 Å². The van der Waals surface area contributed by atoms with Crippen molar-refractivity contribution in [2.24, 2.45) is 0 Å². The van der Waals surface area contributed by atoms with Crippen LogP contribution in [0.2, 0.25) is 0 Å². The number of rotatable bonds is 7. The van der Waals surface area contributed by atoms with E-state index < -0.39 is 0 Å². The third-order valence-electron chi connectivity index (χ3n) is 5.86. The van der Waals surface area contributed by atoms with Gasteiger partial charge in [0, 0.05) is 50.1 Å². The molecule has 156 valence electrons. The number of nitrogens with zero attached hydrogens (tertiary/aromatic N) is 2. The molecule has 6 nitrogen and oxygen atoms in total. The van der Waals surface area contributed by atoms with Crippen LogP contribution in [0.4, 0.5) is 0 Å². The molecule has 7 heteroatoms. The number of hydrogen-bond acceptors (Lipinski definition) is 5. The van der Waals surface area contributed by atoms with Crippen LogP contribution in [0, 0.1) is 0 Å². The number of Topliss-reactive ketones (excluding diaryl/α,β-unsaturated/α-hetero) is 1. The summed E-state index contributed by atoms with van der Waals surface area (Å²) in [7, 11) is 3.10. The Morgan fingerprint density at radius 2 is 1.71 bits per heavy atom. The van der Waals surface area contributed by atoms with E-state index in [9.17, 15) is 9.59 Å². The van der Waals surface area contributed by atoms with Gasteiger partial charge in [-0.15, -0.1) is 12.4 Å². The molecule has 0 radical (unpaired) electrons. The van der Waals surface area contributed by atoms with Crippen LogP contribution in [0.25, 0.3) is 0 Å². The molecule has 1 aromatic rings. The van der Waals surface area contributed by atoms with Gasteiger partial charge in [0.1, 0.15) is 0 Å². The molecule has 3 rings (SSSR count). The number of methoxy groups -OCH3 is 2. The lowest BCUT2D eigenvalue weighted by Crippen LogP contribution is -2.39. The molecule has 1 saturated heterocycles. The third kappa shape index (κ3) is 5.17. The average Bonchev–Trinajstić information content (AvgIpc) is 3.47. The van der Waals surface area contributed by atoms with Crippen molar-refractivity contribution in [1.29, 1.82) is 0 Å². The summed E-state index contributed by atoms with van der Waals surface area (Å²) in [6.07, 6.45) is 4.00. The molecule has 2 fully saturated rings. The molecule has 0 N–H and O–H groups in total. The lowest BCUT2D eigenvalue weighted by atomic mass is 10.1. The van der Waals surface area contributed by atoms with Crippen LogP contribution in [-0.2, 0) is 4.79 Å². The molecule has 1 saturated carbocycles. The average molecular weight is 411 g/mol. The summed E-state index contributed by atoms with van der Waals surface area (Å²) in [5.74, 6) is 1.14. The summed E-state index contributed by atoms with van der Waals surface area (Å²) in [5.41, 5.74) is 0.909. The van der Waals surface area contributed by atoms with E-state index in [1.807, 2.05) is 4.90 Å². The minimum absolute atomic E-state index is 0. The number of ether oxygens (including phenoxy) is 2. The molecule has 1 amide bonds. The Kier molecular flexibility index (Phi) is 7.72. The van der Waals surface area contributed by atoms with Crippen molar-refractivity contribution in [2.45, 2.75) is 44.6 Å². The Hall–Kier alpha value is -1.79. The highest BCUT2D eigenvalue weighted by Gasteiger charge is 2.43. The largest absolute Gasteiger partial charge is 0.493 e. The predicted octanol–water partition coefficient (Wildman–Crippen LogP) is 3.18. The van der Waals surface area contributed by atoms with Gasteiger partial charge in [-0.3, -0.25) is 14.5 Å². The van der Waals surface area contributed by atoms with Gasteiger partial charge in [0.25, 0.3) is 0 Å². The van der Waals surface area contributed by atoms with Crippen LogP contribution in [0.5, 0.6) is 11.5 Å². The van der Waals surface area contributed by atoms with Crippen molar-refractivity contribution < 1.29 is 19.1 Å². The van der Waals surface area contributed by atoms with E-state index in [1.165, 1.54) is 12.8 Å². The van der Waals surface area contributed by atoms with E-state index in [0.29, 0.717) is 22.6 Å². The maximum absolute atomic E-state index is 12.6. The molecular formula is C21H31ClN2O4. The summed E-state index contributed by atoms with van der Waals surface area (Å²) in [4.78, 5) is 29.5. The topological polar surface area (TPSA) is 59.1 Å². The second-order valence-electron chi connectivity index (χ2n) is 7.71. The molecule has 0 spiro atoms. The van der Waals surface area contributed by atoms with E-state index in [1.54, 1.807) is 32.4 Å². The zero-order valence-electron chi connectivity index (χ0n) is 17.0. The highest BCUT2D eigenvalue weighted by atomic mass is 35.5. The predicted molar refractivity (Wildman–Crippen MR) is 111 cm³/mol. The van der Waals surface area contributed by atoms with Crippen LogP contribution < -0.4 is 9.47 Å². The molecule has 0 unspecified atom stereocenters. The van der Waals surface area contributed by atoms with E-state index in [-0.39, 0.29) is 36.9 Å². The molecule has 0 bridgehead atoms. The first kappa shape index (κ1) is 22.5. The highest BCUT2D eigenvalue weighted by Crippen LogP contribution is 2.41. The number of amides is 1. The number of halogens is 1. The fourth-order valence-electron chi connectivity index (χ4n) is 3.74. The summed E-state index contributed by atoms with van der Waals surface area (Å²) in [6.45, 7) is 5.86. The van der Waals surface area contributed by atoms with E-state index >= 15 is 0 Å². The quantitative estimate of drug-likeness (QED) is 0.646. The molecule has 1 heterocycles. The molecular weight excluding hydrogens is 380 g/mol. The van der Waals surface area contributed by atoms with Crippen molar-refractivity contribution >= 4 is 24.1 Å². The van der Waals surface area contributed by atoms with Crippen molar-refractivity contribution in [3.63, 3.8) is 0 Å². The van der Waals surface area contributed by atoms with Gasteiger partial charge in [0.2, 0.25) is 5.91 Å². The van der Waals surface area contributed by atoms with Crippen molar-refractivity contribution in [2.75, 3.05) is 40.4 Å². The summed E-state index contributed by atoms with van der Waals surface area (Å²) >= 11 is 0. The zero-order valence-corrected chi connectivity index (χ0v) is 17.8. The number of benzene rings is 1. The molecule has 28 heavy (non-hydrogen) atoms. The van der Waals surface area contributed by atoms with Gasteiger partial charge in [-0.25, -0.2) is 0 Å². The summed E-state index contributed by atoms with van der Waals surface area (Å²) in [6, 6.07) is 5.11. The fourth-order valence-corrected chi connectivity index (χ4v) is 3.74. The van der Waals surface area contributed by atoms with Crippen LogP contribution in [0.15, 0.2) is 18.2 Å². The normalized spacial score (nSPS) is 18.6. The number of ketones is 1. The van der Waals surface area contributed by atoms with Gasteiger partial charge in [0.15, 0.2) is 17.3 Å². The number of carbonyl (C=O) groups is 2. The fraction of sp³-hybridized carbons (Fsp3) is 0.619. The maximum atomic E-state index is 12.6.